The molecule has 3 atom stereocenters. The van der Waals surface area contributed by atoms with Crippen LogP contribution in [-0.2, 0) is 4.79 Å². The summed E-state index contributed by atoms with van der Waals surface area (Å²) in [7, 11) is 0. The lowest BCUT2D eigenvalue weighted by Crippen LogP contribution is -2.21. The van der Waals surface area contributed by atoms with Gasteiger partial charge in [-0.3, -0.25) is 4.79 Å². The number of hydrazone groups is 1. The molecule has 1 fully saturated rings. The fourth-order valence-electron chi connectivity index (χ4n) is 2.80. The molecule has 0 aliphatic heterocycles. The molecule has 0 bridgehead atoms. The molecular formula is C17H20N2O. The van der Waals surface area contributed by atoms with Crippen molar-refractivity contribution in [3.8, 4) is 0 Å². The molecule has 2 aliphatic rings. The number of hydrogen-bond donors (Lipinski definition) is 1. The van der Waals surface area contributed by atoms with Gasteiger partial charge in [-0.1, -0.05) is 42.5 Å². The number of benzene rings is 1. The van der Waals surface area contributed by atoms with Crippen LogP contribution in [0.2, 0.25) is 0 Å². The molecule has 0 aromatic heterocycles. The fourth-order valence-corrected chi connectivity index (χ4v) is 2.80. The Bertz CT molecular complexity index is 521. The third kappa shape index (κ3) is 3.16. The quantitative estimate of drug-likeness (QED) is 0.508. The molecule has 1 amide bonds. The summed E-state index contributed by atoms with van der Waals surface area (Å²) in [6, 6.07) is 10.2. The molecule has 0 saturated heterocycles. The SMILES string of the molecule is O=C(N/N=C\[C@H]1CC=CCC1)[C@@H]1C[C@H]1c1ccccc1. The molecular weight excluding hydrogens is 248 g/mol. The second-order valence-electron chi connectivity index (χ2n) is 5.66. The molecule has 2 aliphatic carbocycles. The van der Waals surface area contributed by atoms with Crippen molar-refractivity contribution in [3.63, 3.8) is 0 Å². The van der Waals surface area contributed by atoms with E-state index >= 15 is 0 Å². The lowest BCUT2D eigenvalue weighted by molar-refractivity contribution is -0.122. The summed E-state index contributed by atoms with van der Waals surface area (Å²) >= 11 is 0. The van der Waals surface area contributed by atoms with E-state index in [0.29, 0.717) is 11.8 Å². The lowest BCUT2D eigenvalue weighted by atomic mass is 9.96. The summed E-state index contributed by atoms with van der Waals surface area (Å²) in [5.74, 6) is 1.01. The normalized spacial score (nSPS) is 28.5. The first-order valence-electron chi connectivity index (χ1n) is 7.37. The number of hydrogen-bond acceptors (Lipinski definition) is 2. The molecule has 104 valence electrons. The maximum absolute atomic E-state index is 12.0. The van der Waals surface area contributed by atoms with Gasteiger partial charge in [-0.15, -0.1) is 0 Å². The highest BCUT2D eigenvalue weighted by Crippen LogP contribution is 2.47. The Hall–Kier alpha value is -1.90. The molecule has 3 heteroatoms. The third-order valence-electron chi connectivity index (χ3n) is 4.12. The van der Waals surface area contributed by atoms with Gasteiger partial charge in [-0.05, 0) is 43.1 Å². The molecule has 20 heavy (non-hydrogen) atoms. The van der Waals surface area contributed by atoms with Crippen LogP contribution in [0.5, 0.6) is 0 Å². The number of carbonyl (C=O) groups excluding carboxylic acids is 1. The van der Waals surface area contributed by atoms with Crippen LogP contribution in [0.25, 0.3) is 0 Å². The monoisotopic (exact) mass is 268 g/mol. The van der Waals surface area contributed by atoms with E-state index < -0.39 is 0 Å². The van der Waals surface area contributed by atoms with E-state index in [2.05, 4.69) is 34.8 Å². The Morgan fingerprint density at radius 3 is 2.85 bits per heavy atom. The smallest absolute Gasteiger partial charge is 0.243 e. The van der Waals surface area contributed by atoms with Crippen molar-refractivity contribution in [3.05, 3.63) is 48.0 Å². The van der Waals surface area contributed by atoms with Crippen molar-refractivity contribution < 1.29 is 4.79 Å². The molecule has 0 radical (unpaired) electrons. The van der Waals surface area contributed by atoms with Gasteiger partial charge in [0.1, 0.15) is 0 Å². The molecule has 3 rings (SSSR count). The van der Waals surface area contributed by atoms with E-state index in [9.17, 15) is 4.79 Å². The van der Waals surface area contributed by atoms with E-state index in [1.54, 1.807) is 0 Å². The van der Waals surface area contributed by atoms with E-state index in [0.717, 1.165) is 25.7 Å². The Kier molecular flexibility index (Phi) is 3.95. The zero-order valence-electron chi connectivity index (χ0n) is 11.5. The summed E-state index contributed by atoms with van der Waals surface area (Å²) in [5, 5.41) is 4.13. The molecule has 1 saturated carbocycles. The zero-order chi connectivity index (χ0) is 13.8. The Morgan fingerprint density at radius 2 is 2.10 bits per heavy atom. The van der Waals surface area contributed by atoms with Crippen LogP contribution in [0.1, 0.15) is 37.2 Å². The van der Waals surface area contributed by atoms with Gasteiger partial charge in [0.25, 0.3) is 0 Å². The average Bonchev–Trinajstić information content (AvgIpc) is 3.30. The van der Waals surface area contributed by atoms with Gasteiger partial charge >= 0.3 is 0 Å². The van der Waals surface area contributed by atoms with Gasteiger partial charge in [-0.2, -0.15) is 5.10 Å². The van der Waals surface area contributed by atoms with Crippen LogP contribution in [-0.4, -0.2) is 12.1 Å². The van der Waals surface area contributed by atoms with Crippen molar-refractivity contribution in [1.29, 1.82) is 0 Å². The summed E-state index contributed by atoms with van der Waals surface area (Å²) in [5.41, 5.74) is 3.96. The summed E-state index contributed by atoms with van der Waals surface area (Å²) in [4.78, 5) is 12.0. The fraction of sp³-hybridized carbons (Fsp3) is 0.412. The van der Waals surface area contributed by atoms with E-state index in [1.165, 1.54) is 5.56 Å². The highest BCUT2D eigenvalue weighted by atomic mass is 16.2. The largest absolute Gasteiger partial charge is 0.273 e. The summed E-state index contributed by atoms with van der Waals surface area (Å²) in [6.07, 6.45) is 10.5. The standard InChI is InChI=1S/C17H20N2O/c20-17(19-18-12-13-7-3-1-4-8-13)16-11-15(16)14-9-5-2-6-10-14/h1-3,5-6,9-10,12-13,15-16H,4,7-8,11H2,(H,19,20)/b18-12-/t13-,15-,16+/m0/s1. The predicted molar refractivity (Wildman–Crippen MR) is 80.4 cm³/mol. The van der Waals surface area contributed by atoms with Crippen LogP contribution in [0.3, 0.4) is 0 Å². The van der Waals surface area contributed by atoms with Crippen LogP contribution in [0, 0.1) is 11.8 Å². The predicted octanol–water partition coefficient (Wildman–Crippen LogP) is 3.25. The van der Waals surface area contributed by atoms with Gasteiger partial charge in [0, 0.05) is 12.1 Å². The first-order valence-corrected chi connectivity index (χ1v) is 7.37. The van der Waals surface area contributed by atoms with Crippen molar-refractivity contribution in [1.82, 2.24) is 5.43 Å². The van der Waals surface area contributed by atoms with E-state index in [-0.39, 0.29) is 11.8 Å². The molecule has 0 unspecified atom stereocenters. The third-order valence-corrected chi connectivity index (χ3v) is 4.12. The summed E-state index contributed by atoms with van der Waals surface area (Å²) < 4.78 is 0. The molecule has 0 heterocycles. The Labute approximate surface area is 119 Å². The number of carbonyl (C=O) groups is 1. The zero-order valence-corrected chi connectivity index (χ0v) is 11.5. The minimum Gasteiger partial charge on any atom is -0.273 e. The van der Waals surface area contributed by atoms with E-state index in [4.69, 9.17) is 0 Å². The van der Waals surface area contributed by atoms with Crippen molar-refractivity contribution >= 4 is 12.1 Å². The second-order valence-corrected chi connectivity index (χ2v) is 5.66. The van der Waals surface area contributed by atoms with Crippen molar-refractivity contribution in [2.75, 3.05) is 0 Å². The van der Waals surface area contributed by atoms with Gasteiger partial charge in [0.05, 0.1) is 0 Å². The molecule has 1 N–H and O–H groups in total. The van der Waals surface area contributed by atoms with Gasteiger partial charge < -0.3 is 0 Å². The van der Waals surface area contributed by atoms with Gasteiger partial charge in [0.2, 0.25) is 5.91 Å². The minimum absolute atomic E-state index is 0.0569. The highest BCUT2D eigenvalue weighted by molar-refractivity contribution is 5.83. The van der Waals surface area contributed by atoms with Crippen molar-refractivity contribution in [2.24, 2.45) is 16.9 Å². The Morgan fingerprint density at radius 1 is 1.25 bits per heavy atom. The lowest BCUT2D eigenvalue weighted by Gasteiger charge is -2.11. The van der Waals surface area contributed by atoms with Crippen LogP contribution >= 0.6 is 0 Å². The number of amides is 1. The summed E-state index contributed by atoms with van der Waals surface area (Å²) in [6.45, 7) is 0. The molecule has 3 nitrogen and oxygen atoms in total. The van der Waals surface area contributed by atoms with Crippen LogP contribution in [0.4, 0.5) is 0 Å². The van der Waals surface area contributed by atoms with Crippen LogP contribution < -0.4 is 5.43 Å². The molecule has 1 aromatic carbocycles. The average molecular weight is 268 g/mol. The molecule has 1 aromatic rings. The number of rotatable bonds is 4. The van der Waals surface area contributed by atoms with Crippen LogP contribution in [0.15, 0.2) is 47.6 Å². The number of nitrogens with zero attached hydrogens (tertiary/aromatic N) is 1. The number of nitrogens with one attached hydrogen (secondary N) is 1. The second kappa shape index (κ2) is 6.04. The topological polar surface area (TPSA) is 41.5 Å². The van der Waals surface area contributed by atoms with E-state index in [1.807, 2.05) is 24.4 Å². The Balaban J connectivity index is 1.47. The maximum atomic E-state index is 12.0. The van der Waals surface area contributed by atoms with Gasteiger partial charge in [-0.25, -0.2) is 5.43 Å². The number of allylic oxidation sites excluding steroid dienone is 2. The van der Waals surface area contributed by atoms with Gasteiger partial charge in [0.15, 0.2) is 0 Å². The minimum atomic E-state index is 0.0569. The first kappa shape index (κ1) is 13.1. The van der Waals surface area contributed by atoms with Crippen molar-refractivity contribution in [2.45, 2.75) is 31.6 Å². The first-order chi connectivity index (χ1) is 9.84. The maximum Gasteiger partial charge on any atom is 0.243 e. The highest BCUT2D eigenvalue weighted by Gasteiger charge is 2.43. The molecule has 0 spiro atoms.